The number of alkyl halides is 14. The molecule has 0 saturated carbocycles. The van der Waals surface area contributed by atoms with Gasteiger partial charge in [0, 0.05) is 0 Å². The molecule has 35 heavy (non-hydrogen) atoms. The van der Waals surface area contributed by atoms with Gasteiger partial charge in [-0.1, -0.05) is 20.1 Å². The van der Waals surface area contributed by atoms with Gasteiger partial charge in [-0.15, -0.1) is 0 Å². The molecule has 0 radical (unpaired) electrons. The maximum Gasteiger partial charge on any atom is 0.413 e. The third kappa shape index (κ3) is 12.6. The fourth-order valence-electron chi connectivity index (χ4n) is 1.46. The van der Waals surface area contributed by atoms with Crippen LogP contribution in [0.2, 0.25) is 0 Å². The van der Waals surface area contributed by atoms with Gasteiger partial charge >= 0.3 is 36.8 Å². The van der Waals surface area contributed by atoms with Crippen LogP contribution in [0.15, 0.2) is 24.8 Å². The average Bonchev–Trinajstić information content (AvgIpc) is 2.50. The highest BCUT2D eigenvalue weighted by Gasteiger charge is 2.60. The quantitative estimate of drug-likeness (QED) is 0.259. The van der Waals surface area contributed by atoms with E-state index in [1.807, 2.05) is 13.2 Å². The first-order valence-electron chi connectivity index (χ1n) is 7.89. The summed E-state index contributed by atoms with van der Waals surface area (Å²) in [7, 11) is 0. The summed E-state index contributed by atoms with van der Waals surface area (Å²) in [5, 5.41) is 0. The fraction of sp³-hybridized carbons (Fsp3) is 0.733. The lowest BCUT2D eigenvalue weighted by molar-refractivity contribution is -0.409. The maximum atomic E-state index is 12.8. The third-order valence-electron chi connectivity index (χ3n) is 3.36. The first kappa shape index (κ1) is 40.3. The number of halogens is 18. The van der Waals surface area contributed by atoms with Gasteiger partial charge in [-0.3, -0.25) is 9.41 Å². The van der Waals surface area contributed by atoms with Gasteiger partial charge in [0.05, 0.1) is 0 Å². The van der Waals surface area contributed by atoms with E-state index < -0.39 is 66.7 Å². The molecule has 0 aliphatic heterocycles. The zero-order valence-corrected chi connectivity index (χ0v) is 17.0. The smallest absolute Gasteiger partial charge is 0.269 e. The highest BCUT2D eigenvalue weighted by atomic mass is 19.4. The van der Waals surface area contributed by atoms with Crippen LogP contribution < -0.4 is 0 Å². The third-order valence-corrected chi connectivity index (χ3v) is 3.36. The zero-order valence-electron chi connectivity index (χ0n) is 17.0. The Labute approximate surface area is 184 Å². The van der Waals surface area contributed by atoms with Gasteiger partial charge < -0.3 is 0 Å². The van der Waals surface area contributed by atoms with Crippen LogP contribution in [-0.2, 0) is 9.47 Å². The molecule has 0 heterocycles. The molecule has 0 N–H and O–H groups in total. The molecule has 0 aromatic rings. The molecular formula is C15H16F18O2. The van der Waals surface area contributed by atoms with Crippen molar-refractivity contribution in [2.24, 2.45) is 11.8 Å². The van der Waals surface area contributed by atoms with Gasteiger partial charge in [-0.25, -0.2) is 18.3 Å². The van der Waals surface area contributed by atoms with Crippen molar-refractivity contribution in [1.82, 2.24) is 0 Å². The second-order valence-electron chi connectivity index (χ2n) is 5.94. The molecule has 214 valence electrons. The molecule has 0 rings (SSSR count). The number of hydrogen-bond acceptors (Lipinski definition) is 2. The molecule has 0 aromatic carbocycles. The summed E-state index contributed by atoms with van der Waals surface area (Å²) in [6.07, 6.45) is -33.0. The first-order chi connectivity index (χ1) is 14.1. The molecule has 0 fully saturated rings. The Bertz CT molecular complexity index is 666. The van der Waals surface area contributed by atoms with Gasteiger partial charge in [-0.05, 0) is 13.3 Å². The van der Waals surface area contributed by atoms with E-state index in [4.69, 9.17) is 0 Å². The van der Waals surface area contributed by atoms with Gasteiger partial charge in [-0.2, -0.15) is 61.5 Å². The van der Waals surface area contributed by atoms with Crippen molar-refractivity contribution in [3.05, 3.63) is 24.8 Å². The lowest BCUT2D eigenvalue weighted by atomic mass is 10.1. The summed E-state index contributed by atoms with van der Waals surface area (Å²) in [6.45, 7) is 4.61. The van der Waals surface area contributed by atoms with Crippen LogP contribution in [0.25, 0.3) is 0 Å². The van der Waals surface area contributed by atoms with Crippen LogP contribution >= 0.6 is 0 Å². The Morgan fingerprint density at radius 2 is 0.914 bits per heavy atom. The monoisotopic (exact) mass is 570 g/mol. The molecule has 2 unspecified atom stereocenters. The van der Waals surface area contributed by atoms with E-state index in [0.717, 1.165) is 0 Å². The van der Waals surface area contributed by atoms with E-state index in [1.165, 1.54) is 0 Å². The summed E-state index contributed by atoms with van der Waals surface area (Å²) in [5.74, 6) is -12.2. The Morgan fingerprint density at radius 3 is 1.11 bits per heavy atom. The highest BCUT2D eigenvalue weighted by molar-refractivity contribution is 4.93. The SMILES string of the molecule is C=C(F)C(F)(F)OC(F)(F)C(C)C(F)(F)F.C=C(F)C(F)(F)OC(F)(F)C(CC)C(F)(F)F.F.F. The average molecular weight is 570 g/mol. The van der Waals surface area contributed by atoms with E-state index in [1.54, 1.807) is 0 Å². The number of ether oxygens (including phenoxy) is 2. The molecule has 0 bridgehead atoms. The Hall–Kier alpha value is -1.86. The van der Waals surface area contributed by atoms with Crippen molar-refractivity contribution in [3.63, 3.8) is 0 Å². The van der Waals surface area contributed by atoms with Crippen LogP contribution in [0.1, 0.15) is 20.3 Å². The van der Waals surface area contributed by atoms with Crippen LogP contribution in [0.4, 0.5) is 79.7 Å². The van der Waals surface area contributed by atoms with Crippen LogP contribution in [0.3, 0.4) is 0 Å². The lowest BCUT2D eigenvalue weighted by Crippen LogP contribution is -2.45. The fourth-order valence-corrected chi connectivity index (χ4v) is 1.46. The molecule has 0 aromatic heterocycles. The van der Waals surface area contributed by atoms with Crippen LogP contribution in [0.5, 0.6) is 0 Å². The Kier molecular flexibility index (Phi) is 14.9. The van der Waals surface area contributed by atoms with Crippen molar-refractivity contribution >= 4 is 0 Å². The van der Waals surface area contributed by atoms with Crippen molar-refractivity contribution in [3.8, 4) is 0 Å². The van der Waals surface area contributed by atoms with Gasteiger partial charge in [0.1, 0.15) is 11.8 Å². The first-order valence-corrected chi connectivity index (χ1v) is 7.89. The predicted molar refractivity (Wildman–Crippen MR) is 82.5 cm³/mol. The highest BCUT2D eigenvalue weighted by Crippen LogP contribution is 2.45. The lowest BCUT2D eigenvalue weighted by Gasteiger charge is -2.29. The standard InChI is InChI=1S/C8H8F8O.C7H6F8O.2FH/c1-3-5(6(10,11)12)8(15,16)17-7(13,14)4(2)9;1-3(5(9,10)11)6(12,13)16-7(14,15)4(2)8;;/h5H,2-3H2,1H3;3H,2H2,1H3;2*1H. The summed E-state index contributed by atoms with van der Waals surface area (Å²) >= 11 is 0. The number of rotatable bonds is 9. The van der Waals surface area contributed by atoms with E-state index in [-0.39, 0.29) is 16.3 Å². The van der Waals surface area contributed by atoms with Crippen LogP contribution in [-0.4, -0.2) is 36.8 Å². The number of hydrogen-bond donors (Lipinski definition) is 0. The molecule has 2 atom stereocenters. The van der Waals surface area contributed by atoms with Gasteiger partial charge in [0.25, 0.3) is 0 Å². The van der Waals surface area contributed by atoms with Gasteiger partial charge in [0.15, 0.2) is 11.7 Å². The Morgan fingerprint density at radius 1 is 0.629 bits per heavy atom. The van der Waals surface area contributed by atoms with E-state index in [9.17, 15) is 70.2 Å². The summed E-state index contributed by atoms with van der Waals surface area (Å²) in [5.41, 5.74) is 0. The molecule has 0 spiro atoms. The summed E-state index contributed by atoms with van der Waals surface area (Å²) < 4.78 is 201. The molecular weight excluding hydrogens is 554 g/mol. The molecule has 0 amide bonds. The maximum absolute atomic E-state index is 12.8. The molecule has 2 nitrogen and oxygen atoms in total. The zero-order chi connectivity index (χ0) is 27.4. The Balaban J connectivity index is -0.000000260. The van der Waals surface area contributed by atoms with E-state index in [0.29, 0.717) is 6.92 Å². The summed E-state index contributed by atoms with van der Waals surface area (Å²) in [6, 6.07) is 0. The second kappa shape index (κ2) is 12.9. The minimum absolute atomic E-state index is 0. The largest absolute Gasteiger partial charge is 0.413 e. The molecule has 0 aliphatic rings. The predicted octanol–water partition coefficient (Wildman–Crippen LogP) is 8.44. The van der Waals surface area contributed by atoms with Crippen molar-refractivity contribution in [2.45, 2.75) is 57.1 Å². The van der Waals surface area contributed by atoms with Crippen molar-refractivity contribution in [2.75, 3.05) is 0 Å². The van der Waals surface area contributed by atoms with Crippen molar-refractivity contribution in [1.29, 1.82) is 0 Å². The molecule has 0 aliphatic carbocycles. The van der Waals surface area contributed by atoms with E-state index >= 15 is 0 Å². The normalized spacial score (nSPS) is 15.0. The minimum atomic E-state index is -5.46. The topological polar surface area (TPSA) is 18.5 Å². The summed E-state index contributed by atoms with van der Waals surface area (Å²) in [4.78, 5) is 0. The van der Waals surface area contributed by atoms with Gasteiger partial charge in [0.2, 0.25) is 0 Å². The second-order valence-corrected chi connectivity index (χ2v) is 5.94. The van der Waals surface area contributed by atoms with E-state index in [2.05, 4.69) is 9.47 Å². The minimum Gasteiger partial charge on any atom is -0.269 e. The molecule has 20 heteroatoms. The van der Waals surface area contributed by atoms with Crippen LogP contribution in [0, 0.1) is 11.8 Å². The molecule has 0 saturated heterocycles. The van der Waals surface area contributed by atoms with Crippen molar-refractivity contribution < 1.29 is 89.1 Å².